The number of nitrogens with zero attached hydrogens (tertiary/aromatic N) is 2. The lowest BCUT2D eigenvalue weighted by Gasteiger charge is -2.04. The highest BCUT2D eigenvalue weighted by molar-refractivity contribution is 5.79. The molecule has 1 aromatic carbocycles. The van der Waals surface area contributed by atoms with E-state index in [2.05, 4.69) is 45.2 Å². The first-order valence-corrected chi connectivity index (χ1v) is 6.75. The molecule has 0 atom stereocenters. The van der Waals surface area contributed by atoms with Gasteiger partial charge in [-0.2, -0.15) is 0 Å². The van der Waals surface area contributed by atoms with E-state index in [0.717, 1.165) is 11.0 Å². The van der Waals surface area contributed by atoms with Crippen LogP contribution in [0.25, 0.3) is 11.0 Å². The number of hydrogen-bond donors (Lipinski definition) is 3. The van der Waals surface area contributed by atoms with Crippen LogP contribution < -0.4 is 10.9 Å². The second-order valence-electron chi connectivity index (χ2n) is 5.29. The Morgan fingerprint density at radius 1 is 0.952 bits per heavy atom. The number of aromatic nitrogens is 4. The van der Waals surface area contributed by atoms with Gasteiger partial charge in [0.1, 0.15) is 0 Å². The Morgan fingerprint density at radius 2 is 1.62 bits per heavy atom. The van der Waals surface area contributed by atoms with Crippen LogP contribution in [0.4, 0.5) is 11.9 Å². The summed E-state index contributed by atoms with van der Waals surface area (Å²) < 4.78 is 0. The van der Waals surface area contributed by atoms with Crippen LogP contribution in [0.2, 0.25) is 0 Å². The normalized spacial score (nSPS) is 11.0. The molecule has 0 aliphatic heterocycles. The standard InChI is InChI=1S/C15H17N5O/c1-7-5-11-12(6-8(7)2)18-15(17-11)20-14-16-10(4)9(3)13(21)19-14/h5-6H,1-4H3,(H3,16,17,18,19,20,21). The molecule has 0 radical (unpaired) electrons. The lowest BCUT2D eigenvalue weighted by atomic mass is 10.1. The van der Waals surface area contributed by atoms with Gasteiger partial charge in [-0.15, -0.1) is 0 Å². The van der Waals surface area contributed by atoms with Gasteiger partial charge in [-0.1, -0.05) is 0 Å². The smallest absolute Gasteiger partial charge is 0.255 e. The third kappa shape index (κ3) is 2.40. The molecule has 2 aromatic heterocycles. The fourth-order valence-electron chi connectivity index (χ4n) is 2.15. The molecule has 0 bridgehead atoms. The number of nitrogens with one attached hydrogen (secondary N) is 3. The van der Waals surface area contributed by atoms with Gasteiger partial charge in [-0.3, -0.25) is 15.1 Å². The molecule has 2 heterocycles. The number of fused-ring (bicyclic) bond motifs is 1. The quantitative estimate of drug-likeness (QED) is 0.674. The molecule has 6 heteroatoms. The van der Waals surface area contributed by atoms with Gasteiger partial charge in [-0.05, 0) is 51.0 Å². The first-order valence-electron chi connectivity index (χ1n) is 6.75. The van der Waals surface area contributed by atoms with Gasteiger partial charge < -0.3 is 4.98 Å². The van der Waals surface area contributed by atoms with Crippen molar-refractivity contribution in [1.29, 1.82) is 0 Å². The molecule has 0 amide bonds. The first kappa shape index (κ1) is 13.4. The second kappa shape index (κ2) is 4.73. The van der Waals surface area contributed by atoms with Crippen molar-refractivity contribution in [2.45, 2.75) is 27.7 Å². The highest BCUT2D eigenvalue weighted by Gasteiger charge is 2.08. The van der Waals surface area contributed by atoms with Crippen LogP contribution in [0.3, 0.4) is 0 Å². The maximum atomic E-state index is 11.7. The third-order valence-corrected chi connectivity index (χ3v) is 3.73. The summed E-state index contributed by atoms with van der Waals surface area (Å²) in [7, 11) is 0. The van der Waals surface area contributed by atoms with Crippen molar-refractivity contribution < 1.29 is 0 Å². The van der Waals surface area contributed by atoms with Gasteiger partial charge >= 0.3 is 0 Å². The Bertz CT molecular complexity index is 852. The van der Waals surface area contributed by atoms with E-state index >= 15 is 0 Å². The molecule has 3 N–H and O–H groups in total. The highest BCUT2D eigenvalue weighted by Crippen LogP contribution is 2.20. The van der Waals surface area contributed by atoms with Crippen molar-refractivity contribution in [2.75, 3.05) is 5.32 Å². The molecular formula is C15H17N5O. The number of H-pyrrole nitrogens is 2. The summed E-state index contributed by atoms with van der Waals surface area (Å²) in [5, 5.41) is 3.01. The van der Waals surface area contributed by atoms with Crippen molar-refractivity contribution in [3.8, 4) is 0 Å². The maximum absolute atomic E-state index is 11.7. The van der Waals surface area contributed by atoms with Gasteiger partial charge in [0.2, 0.25) is 11.9 Å². The third-order valence-electron chi connectivity index (χ3n) is 3.73. The molecule has 0 aliphatic carbocycles. The number of benzene rings is 1. The van der Waals surface area contributed by atoms with Crippen LogP contribution in [-0.4, -0.2) is 19.9 Å². The van der Waals surface area contributed by atoms with Gasteiger partial charge in [-0.25, -0.2) is 9.97 Å². The van der Waals surface area contributed by atoms with Crippen LogP contribution in [0.1, 0.15) is 22.4 Å². The Morgan fingerprint density at radius 3 is 2.33 bits per heavy atom. The molecule has 3 aromatic rings. The number of aryl methyl sites for hydroxylation is 3. The molecule has 0 unspecified atom stereocenters. The number of anilines is 2. The van der Waals surface area contributed by atoms with E-state index in [4.69, 9.17) is 0 Å². The van der Waals surface area contributed by atoms with Gasteiger partial charge in [0, 0.05) is 11.3 Å². The first-order chi connectivity index (χ1) is 9.94. The Kier molecular flexibility index (Phi) is 3.01. The summed E-state index contributed by atoms with van der Waals surface area (Å²) >= 11 is 0. The predicted molar refractivity (Wildman–Crippen MR) is 83.2 cm³/mol. The fraction of sp³-hybridized carbons (Fsp3) is 0.267. The van der Waals surface area contributed by atoms with Gasteiger partial charge in [0.15, 0.2) is 0 Å². The van der Waals surface area contributed by atoms with Crippen molar-refractivity contribution in [2.24, 2.45) is 0 Å². The SMILES string of the molecule is Cc1cc2nc(Nc3nc(C)c(C)c(=O)[nH]3)[nH]c2cc1C. The van der Waals surface area contributed by atoms with E-state index < -0.39 is 0 Å². The zero-order valence-electron chi connectivity index (χ0n) is 12.5. The average molecular weight is 283 g/mol. The van der Waals surface area contributed by atoms with E-state index in [-0.39, 0.29) is 5.56 Å². The van der Waals surface area contributed by atoms with E-state index in [9.17, 15) is 4.79 Å². The predicted octanol–water partition coefficient (Wildman–Crippen LogP) is 2.62. The molecule has 0 aliphatic rings. The molecule has 0 spiro atoms. The van der Waals surface area contributed by atoms with E-state index in [0.29, 0.717) is 23.2 Å². The molecule has 0 fully saturated rings. The summed E-state index contributed by atoms with van der Waals surface area (Å²) in [5.74, 6) is 0.942. The van der Waals surface area contributed by atoms with Crippen molar-refractivity contribution in [3.05, 3.63) is 44.9 Å². The minimum absolute atomic E-state index is 0.146. The largest absolute Gasteiger partial charge is 0.324 e. The monoisotopic (exact) mass is 283 g/mol. The molecule has 21 heavy (non-hydrogen) atoms. The summed E-state index contributed by atoms with van der Waals surface area (Å²) in [6.45, 7) is 7.67. The zero-order valence-corrected chi connectivity index (χ0v) is 12.5. The summed E-state index contributed by atoms with van der Waals surface area (Å²) in [4.78, 5) is 26.4. The van der Waals surface area contributed by atoms with Crippen LogP contribution >= 0.6 is 0 Å². The minimum atomic E-state index is -0.146. The molecule has 0 saturated carbocycles. The Hall–Kier alpha value is -2.63. The fourth-order valence-corrected chi connectivity index (χ4v) is 2.15. The van der Waals surface area contributed by atoms with Crippen molar-refractivity contribution >= 4 is 22.9 Å². The number of hydrogen-bond acceptors (Lipinski definition) is 4. The zero-order chi connectivity index (χ0) is 15.1. The number of rotatable bonds is 2. The molecule has 108 valence electrons. The topological polar surface area (TPSA) is 86.5 Å². The lowest BCUT2D eigenvalue weighted by Crippen LogP contribution is -2.15. The number of imidazole rings is 1. The molecule has 0 saturated heterocycles. The second-order valence-corrected chi connectivity index (χ2v) is 5.29. The van der Waals surface area contributed by atoms with Crippen LogP contribution in [-0.2, 0) is 0 Å². The average Bonchev–Trinajstić information content (AvgIpc) is 2.77. The summed E-state index contributed by atoms with van der Waals surface area (Å²) in [6.07, 6.45) is 0. The minimum Gasteiger partial charge on any atom is -0.324 e. The molecule has 3 rings (SSSR count). The summed E-state index contributed by atoms with van der Waals surface area (Å²) in [6, 6.07) is 4.09. The van der Waals surface area contributed by atoms with E-state index in [1.807, 2.05) is 6.07 Å². The summed E-state index contributed by atoms with van der Waals surface area (Å²) in [5.41, 5.74) is 5.40. The van der Waals surface area contributed by atoms with Gasteiger partial charge in [0.05, 0.1) is 11.0 Å². The van der Waals surface area contributed by atoms with Crippen LogP contribution in [0.15, 0.2) is 16.9 Å². The van der Waals surface area contributed by atoms with Crippen molar-refractivity contribution in [3.63, 3.8) is 0 Å². The van der Waals surface area contributed by atoms with Gasteiger partial charge in [0.25, 0.3) is 5.56 Å². The van der Waals surface area contributed by atoms with E-state index in [1.165, 1.54) is 11.1 Å². The Balaban J connectivity index is 2.00. The number of aromatic amines is 2. The lowest BCUT2D eigenvalue weighted by molar-refractivity contribution is 1.02. The Labute approximate surface area is 121 Å². The van der Waals surface area contributed by atoms with Crippen molar-refractivity contribution in [1.82, 2.24) is 19.9 Å². The molecule has 6 nitrogen and oxygen atoms in total. The van der Waals surface area contributed by atoms with Crippen LogP contribution in [0.5, 0.6) is 0 Å². The molecular weight excluding hydrogens is 266 g/mol. The van der Waals surface area contributed by atoms with E-state index in [1.54, 1.807) is 13.8 Å². The highest BCUT2D eigenvalue weighted by atomic mass is 16.1. The van der Waals surface area contributed by atoms with Crippen LogP contribution in [0, 0.1) is 27.7 Å². The maximum Gasteiger partial charge on any atom is 0.255 e.